The summed E-state index contributed by atoms with van der Waals surface area (Å²) in [6, 6.07) is 12.5. The summed E-state index contributed by atoms with van der Waals surface area (Å²) in [6.45, 7) is 0.528. The number of piperidine rings is 1. The first-order chi connectivity index (χ1) is 21.1. The second-order valence-corrected chi connectivity index (χ2v) is 11.3. The second-order valence-electron chi connectivity index (χ2n) is 11.3. The van der Waals surface area contributed by atoms with Crippen molar-refractivity contribution in [2.45, 2.75) is 24.3 Å². The zero-order valence-electron chi connectivity index (χ0n) is 24.2. The van der Waals surface area contributed by atoms with E-state index in [0.717, 1.165) is 28.2 Å². The van der Waals surface area contributed by atoms with Crippen molar-refractivity contribution in [3.05, 3.63) is 89.4 Å². The zero-order valence-corrected chi connectivity index (χ0v) is 24.2. The first-order valence-electron chi connectivity index (χ1n) is 14.3. The lowest BCUT2D eigenvalue weighted by Crippen LogP contribution is -2.57. The quantitative estimate of drug-likeness (QED) is 0.275. The summed E-state index contributed by atoms with van der Waals surface area (Å²) in [5.74, 6) is -1.37. The van der Waals surface area contributed by atoms with Gasteiger partial charge in [-0.05, 0) is 66.9 Å². The number of nitrogens with zero attached hydrogens (tertiary/aromatic N) is 3. The number of amides is 4. The molecule has 0 aliphatic carbocycles. The number of hydrogen-bond acceptors (Lipinski definition) is 4. The third-order valence-electron chi connectivity index (χ3n) is 8.86. The van der Waals surface area contributed by atoms with Crippen LogP contribution < -0.4 is 15.4 Å². The van der Waals surface area contributed by atoms with Crippen molar-refractivity contribution in [3.63, 3.8) is 0 Å². The van der Waals surface area contributed by atoms with Gasteiger partial charge in [0.1, 0.15) is 23.2 Å². The number of aromatic nitrogens is 1. The van der Waals surface area contributed by atoms with E-state index in [2.05, 4.69) is 10.6 Å². The van der Waals surface area contributed by atoms with Crippen LogP contribution in [0.5, 0.6) is 5.75 Å². The van der Waals surface area contributed by atoms with Crippen molar-refractivity contribution in [2.24, 2.45) is 7.05 Å². The van der Waals surface area contributed by atoms with Crippen molar-refractivity contribution in [1.29, 1.82) is 0 Å². The SMILES string of the molecule is COc1ccc2c3c(n(C)c2c1)[C@H](CO)N(C(=O)Nc1ccc(F)cc1)CC31CCN(C(=O)Nc2ccc(F)cc2F)CC1. The molecule has 3 aromatic carbocycles. The highest BCUT2D eigenvalue weighted by Gasteiger charge is 2.50. The van der Waals surface area contributed by atoms with Crippen LogP contribution in [0.4, 0.5) is 34.1 Å². The number of nitrogens with one attached hydrogen (secondary N) is 2. The maximum absolute atomic E-state index is 14.2. The number of rotatable bonds is 4. The zero-order chi connectivity index (χ0) is 31.2. The Labute approximate surface area is 251 Å². The van der Waals surface area contributed by atoms with Gasteiger partial charge in [-0.25, -0.2) is 22.8 Å². The number of anilines is 2. The lowest BCUT2D eigenvalue weighted by Gasteiger charge is -2.50. The Morgan fingerprint density at radius 1 is 0.955 bits per heavy atom. The molecule has 230 valence electrons. The molecular weight excluding hydrogens is 575 g/mol. The minimum absolute atomic E-state index is 0.117. The molecule has 9 nitrogen and oxygen atoms in total. The molecule has 1 saturated heterocycles. The van der Waals surface area contributed by atoms with Crippen LogP contribution in [0.15, 0.2) is 60.7 Å². The number of halogens is 3. The molecule has 0 radical (unpaired) electrons. The molecule has 1 spiro atoms. The topological polar surface area (TPSA) is 99.1 Å². The molecule has 3 N–H and O–H groups in total. The number of aliphatic hydroxyl groups is 1. The third-order valence-corrected chi connectivity index (χ3v) is 8.86. The van der Waals surface area contributed by atoms with Crippen LogP contribution in [0.25, 0.3) is 10.9 Å². The highest BCUT2D eigenvalue weighted by atomic mass is 19.1. The van der Waals surface area contributed by atoms with Gasteiger partial charge in [-0.2, -0.15) is 0 Å². The highest BCUT2D eigenvalue weighted by Crippen LogP contribution is 2.50. The summed E-state index contributed by atoms with van der Waals surface area (Å²) in [4.78, 5) is 30.0. The van der Waals surface area contributed by atoms with E-state index in [9.17, 15) is 27.9 Å². The molecule has 4 amide bonds. The van der Waals surface area contributed by atoms with Crippen LogP contribution in [0.3, 0.4) is 0 Å². The monoisotopic (exact) mass is 607 g/mol. The minimum Gasteiger partial charge on any atom is -0.497 e. The standard InChI is InChI=1S/C32H32F3N5O4/c1-38-26-16-22(44-2)8-9-23(26)28-29(38)27(17-41)40(31(43)36-21-6-3-19(33)4-7-21)18-32(28)11-13-39(14-12-32)30(42)37-25-10-5-20(34)15-24(25)35/h3-10,15-16,27,41H,11-14,17-18H2,1-2H3,(H,36,43)(H,37,42)/t27-/m0/s1. The van der Waals surface area contributed by atoms with Gasteiger partial charge in [-0.1, -0.05) is 0 Å². The number of ether oxygens (including phenoxy) is 1. The Balaban J connectivity index is 1.35. The van der Waals surface area contributed by atoms with Crippen molar-refractivity contribution in [2.75, 3.05) is 44.0 Å². The molecule has 2 aliphatic heterocycles. The molecule has 0 unspecified atom stereocenters. The molecule has 0 saturated carbocycles. The number of hydrogen-bond donors (Lipinski definition) is 3. The molecule has 6 rings (SSSR count). The summed E-state index contributed by atoms with van der Waals surface area (Å²) >= 11 is 0. The number of methoxy groups -OCH3 is 1. The van der Waals surface area contributed by atoms with Gasteiger partial charge < -0.3 is 34.8 Å². The average molecular weight is 608 g/mol. The van der Waals surface area contributed by atoms with E-state index >= 15 is 0 Å². The van der Waals surface area contributed by atoms with Crippen LogP contribution in [0, 0.1) is 17.5 Å². The average Bonchev–Trinajstić information content (AvgIpc) is 3.32. The van der Waals surface area contributed by atoms with Crippen LogP contribution in [0.1, 0.15) is 30.1 Å². The Kier molecular flexibility index (Phi) is 7.62. The smallest absolute Gasteiger partial charge is 0.322 e. The Morgan fingerprint density at radius 2 is 1.66 bits per heavy atom. The number of carbonyl (C=O) groups excluding carboxylic acids is 2. The van der Waals surface area contributed by atoms with Crippen LogP contribution in [-0.2, 0) is 12.5 Å². The van der Waals surface area contributed by atoms with E-state index in [4.69, 9.17) is 4.74 Å². The lowest BCUT2D eigenvalue weighted by molar-refractivity contribution is 0.0784. The predicted octanol–water partition coefficient (Wildman–Crippen LogP) is 5.75. The normalized spacial score (nSPS) is 17.5. The molecule has 3 heterocycles. The number of aliphatic hydroxyl groups excluding tert-OH is 1. The van der Waals surface area contributed by atoms with Gasteiger partial charge in [0.15, 0.2) is 0 Å². The van der Waals surface area contributed by atoms with Crippen molar-refractivity contribution in [1.82, 2.24) is 14.4 Å². The molecule has 2 aliphatic rings. The van der Waals surface area contributed by atoms with Gasteiger partial charge >= 0.3 is 12.1 Å². The molecule has 12 heteroatoms. The maximum Gasteiger partial charge on any atom is 0.322 e. The van der Waals surface area contributed by atoms with Gasteiger partial charge in [-0.3, -0.25) is 0 Å². The highest BCUT2D eigenvalue weighted by molar-refractivity contribution is 5.93. The van der Waals surface area contributed by atoms with E-state index in [1.54, 1.807) is 16.9 Å². The molecular formula is C32H32F3N5O4. The van der Waals surface area contributed by atoms with Crippen molar-refractivity contribution in [3.8, 4) is 5.75 Å². The van der Waals surface area contributed by atoms with Crippen molar-refractivity contribution >= 4 is 34.3 Å². The van der Waals surface area contributed by atoms with Crippen molar-refractivity contribution < 1.29 is 32.6 Å². The summed E-state index contributed by atoms with van der Waals surface area (Å²) in [6.07, 6.45) is 0.950. The van der Waals surface area contributed by atoms with Gasteiger partial charge in [0.25, 0.3) is 0 Å². The maximum atomic E-state index is 14.2. The Hall–Kier alpha value is -4.71. The number of likely N-dealkylation sites (tertiary alicyclic amines) is 1. The van der Waals surface area contributed by atoms with E-state index < -0.39 is 41.0 Å². The number of carbonyl (C=O) groups is 2. The van der Waals surface area contributed by atoms with Gasteiger partial charge in [0.2, 0.25) is 0 Å². The molecule has 44 heavy (non-hydrogen) atoms. The summed E-state index contributed by atoms with van der Waals surface area (Å²) in [5.41, 5.74) is 2.37. The van der Waals surface area contributed by atoms with Gasteiger partial charge in [0, 0.05) is 61.0 Å². The molecule has 1 atom stereocenters. The van der Waals surface area contributed by atoms with E-state index in [0.29, 0.717) is 43.4 Å². The van der Waals surface area contributed by atoms with Gasteiger partial charge in [0.05, 0.1) is 31.0 Å². The van der Waals surface area contributed by atoms with Crippen LogP contribution in [0.2, 0.25) is 0 Å². The van der Waals surface area contributed by atoms with Crippen LogP contribution in [-0.4, -0.2) is 64.9 Å². The molecule has 1 fully saturated rings. The molecule has 4 aromatic rings. The van der Waals surface area contributed by atoms with Gasteiger partial charge in [-0.15, -0.1) is 0 Å². The Morgan fingerprint density at radius 3 is 2.32 bits per heavy atom. The lowest BCUT2D eigenvalue weighted by atomic mass is 9.68. The summed E-state index contributed by atoms with van der Waals surface area (Å²) < 4.78 is 48.6. The first-order valence-corrected chi connectivity index (χ1v) is 14.3. The number of benzene rings is 3. The van der Waals surface area contributed by atoms with Crippen LogP contribution >= 0.6 is 0 Å². The fourth-order valence-corrected chi connectivity index (χ4v) is 6.63. The Bertz CT molecular complexity index is 1730. The second kappa shape index (κ2) is 11.4. The summed E-state index contributed by atoms with van der Waals surface area (Å²) in [5, 5.41) is 17.0. The minimum atomic E-state index is -0.868. The fraction of sp³-hybridized carbons (Fsp3) is 0.312. The van der Waals surface area contributed by atoms with E-state index in [1.165, 1.54) is 30.3 Å². The molecule has 0 bridgehead atoms. The molecule has 1 aromatic heterocycles. The first kappa shape index (κ1) is 29.4. The predicted molar refractivity (Wildman–Crippen MR) is 159 cm³/mol. The largest absolute Gasteiger partial charge is 0.497 e. The number of fused-ring (bicyclic) bond motifs is 4. The van der Waals surface area contributed by atoms with E-state index in [-0.39, 0.29) is 18.8 Å². The van der Waals surface area contributed by atoms with E-state index in [1.807, 2.05) is 29.8 Å². The summed E-state index contributed by atoms with van der Waals surface area (Å²) in [7, 11) is 3.47. The number of aryl methyl sites for hydroxylation is 1. The fourth-order valence-electron chi connectivity index (χ4n) is 6.63. The third kappa shape index (κ3) is 5.08. The number of urea groups is 2.